The predicted octanol–water partition coefficient (Wildman–Crippen LogP) is 1.62. The normalized spacial score (nSPS) is 19.0. The van der Waals surface area contributed by atoms with Gasteiger partial charge >= 0.3 is 5.97 Å². The Bertz CT molecular complexity index is 543. The quantitative estimate of drug-likeness (QED) is 0.848. The number of aromatic carboxylic acids is 1. The second-order valence-electron chi connectivity index (χ2n) is 4.09. The number of benzene rings is 1. The zero-order valence-corrected chi connectivity index (χ0v) is 11.1. The molecule has 6 heteroatoms. The summed E-state index contributed by atoms with van der Waals surface area (Å²) in [6.45, 7) is 2.10. The molecule has 1 heterocycles. The van der Waals surface area contributed by atoms with Gasteiger partial charge in [0, 0.05) is 17.9 Å². The third kappa shape index (κ3) is 2.63. The first-order valence-electron chi connectivity index (χ1n) is 5.87. The van der Waals surface area contributed by atoms with Crippen LogP contribution >= 0.6 is 11.8 Å². The number of thioether (sulfide) groups is 1. The van der Waals surface area contributed by atoms with E-state index in [1.807, 2.05) is 0 Å². The van der Waals surface area contributed by atoms with Gasteiger partial charge in [-0.15, -0.1) is 11.8 Å². The van der Waals surface area contributed by atoms with E-state index in [1.165, 1.54) is 11.0 Å². The van der Waals surface area contributed by atoms with Crippen LogP contribution in [0.4, 0.5) is 0 Å². The first kappa shape index (κ1) is 13.6. The van der Waals surface area contributed by atoms with Crippen molar-refractivity contribution in [1.82, 2.24) is 4.90 Å². The summed E-state index contributed by atoms with van der Waals surface area (Å²) in [5.41, 5.74) is 0.155. The molecule has 1 N–H and O–H groups in total. The van der Waals surface area contributed by atoms with Crippen LogP contribution in [0.15, 0.2) is 29.2 Å². The lowest BCUT2D eigenvalue weighted by Gasteiger charge is -2.12. The van der Waals surface area contributed by atoms with Gasteiger partial charge in [0.2, 0.25) is 11.8 Å². The maximum atomic E-state index is 12.0. The lowest BCUT2D eigenvalue weighted by atomic mass is 10.2. The summed E-state index contributed by atoms with van der Waals surface area (Å²) in [7, 11) is 0. The van der Waals surface area contributed by atoms with Crippen LogP contribution in [0.2, 0.25) is 0 Å². The van der Waals surface area contributed by atoms with E-state index in [0.29, 0.717) is 11.4 Å². The fourth-order valence-corrected chi connectivity index (χ4v) is 3.18. The molecule has 1 aliphatic rings. The zero-order valence-electron chi connectivity index (χ0n) is 10.3. The molecule has 1 aromatic rings. The molecular formula is C13H13NO4S. The summed E-state index contributed by atoms with van der Waals surface area (Å²) in [5, 5.41) is 8.56. The maximum Gasteiger partial charge on any atom is 0.336 e. The Labute approximate surface area is 114 Å². The Morgan fingerprint density at radius 1 is 1.42 bits per heavy atom. The van der Waals surface area contributed by atoms with Crippen molar-refractivity contribution in [3.8, 4) is 0 Å². The average Bonchev–Trinajstić information content (AvgIpc) is 2.64. The van der Waals surface area contributed by atoms with E-state index in [9.17, 15) is 14.4 Å². The summed E-state index contributed by atoms with van der Waals surface area (Å²) in [4.78, 5) is 36.4. The minimum absolute atomic E-state index is 0.130. The maximum absolute atomic E-state index is 12.0. The number of rotatable bonds is 4. The first-order chi connectivity index (χ1) is 9.04. The van der Waals surface area contributed by atoms with Crippen LogP contribution in [0.25, 0.3) is 0 Å². The molecule has 0 bridgehead atoms. The van der Waals surface area contributed by atoms with E-state index in [-0.39, 0.29) is 23.8 Å². The Morgan fingerprint density at radius 2 is 2.11 bits per heavy atom. The Hall–Kier alpha value is -1.82. The van der Waals surface area contributed by atoms with Crippen molar-refractivity contribution < 1.29 is 19.5 Å². The number of carboxylic acid groups (broad SMARTS) is 1. The van der Waals surface area contributed by atoms with Gasteiger partial charge in [-0.25, -0.2) is 4.79 Å². The number of carbonyl (C=O) groups is 3. The van der Waals surface area contributed by atoms with Crippen molar-refractivity contribution in [1.29, 1.82) is 0 Å². The number of likely N-dealkylation sites (tertiary alicyclic amines) is 1. The molecule has 1 aliphatic heterocycles. The van der Waals surface area contributed by atoms with Crippen LogP contribution in [-0.4, -0.2) is 39.6 Å². The number of imide groups is 1. The van der Waals surface area contributed by atoms with Crippen LogP contribution in [0.3, 0.4) is 0 Å². The summed E-state index contributed by atoms with van der Waals surface area (Å²) in [6.07, 6.45) is 0.130. The van der Waals surface area contributed by atoms with Crippen molar-refractivity contribution in [2.45, 2.75) is 23.5 Å². The number of nitrogens with zero attached hydrogens (tertiary/aromatic N) is 1. The fraction of sp³-hybridized carbons (Fsp3) is 0.308. The summed E-state index contributed by atoms with van der Waals surface area (Å²) >= 11 is 1.14. The molecule has 1 fully saturated rings. The first-order valence-corrected chi connectivity index (χ1v) is 6.75. The van der Waals surface area contributed by atoms with Crippen molar-refractivity contribution in [3.05, 3.63) is 29.8 Å². The SMILES string of the molecule is CCN1C(=O)C[C@H](Sc2ccccc2C(=O)O)C1=O. The third-order valence-electron chi connectivity index (χ3n) is 2.91. The lowest BCUT2D eigenvalue weighted by Crippen LogP contribution is -2.30. The van der Waals surface area contributed by atoms with Crippen LogP contribution in [0.1, 0.15) is 23.7 Å². The molecule has 2 rings (SSSR count). The third-order valence-corrected chi connectivity index (χ3v) is 4.17. The van der Waals surface area contributed by atoms with Gasteiger partial charge in [0.05, 0.1) is 10.8 Å². The summed E-state index contributed by atoms with van der Waals surface area (Å²) < 4.78 is 0. The molecule has 1 atom stereocenters. The van der Waals surface area contributed by atoms with E-state index < -0.39 is 11.2 Å². The molecule has 0 unspecified atom stereocenters. The topological polar surface area (TPSA) is 74.7 Å². The highest BCUT2D eigenvalue weighted by Crippen LogP contribution is 2.33. The standard InChI is InChI=1S/C13H13NO4S/c1-2-14-11(15)7-10(12(14)16)19-9-6-4-3-5-8(9)13(17)18/h3-6,10H,2,7H2,1H3,(H,17,18)/t10-/m0/s1. The van der Waals surface area contributed by atoms with Crippen molar-refractivity contribution >= 4 is 29.5 Å². The van der Waals surface area contributed by atoms with E-state index in [4.69, 9.17) is 5.11 Å². The molecule has 1 saturated heterocycles. The number of amides is 2. The minimum atomic E-state index is -1.03. The van der Waals surface area contributed by atoms with Gasteiger partial charge in [0.25, 0.3) is 0 Å². The molecular weight excluding hydrogens is 266 g/mol. The van der Waals surface area contributed by atoms with Gasteiger partial charge in [0.1, 0.15) is 0 Å². The zero-order chi connectivity index (χ0) is 14.0. The number of carboxylic acids is 1. The molecule has 5 nitrogen and oxygen atoms in total. The molecule has 19 heavy (non-hydrogen) atoms. The highest BCUT2D eigenvalue weighted by Gasteiger charge is 2.38. The second kappa shape index (κ2) is 5.44. The van der Waals surface area contributed by atoms with E-state index in [2.05, 4.69) is 0 Å². The molecule has 0 spiro atoms. The van der Waals surface area contributed by atoms with Crippen molar-refractivity contribution in [2.24, 2.45) is 0 Å². The molecule has 0 saturated carbocycles. The second-order valence-corrected chi connectivity index (χ2v) is 5.33. The monoisotopic (exact) mass is 279 g/mol. The van der Waals surface area contributed by atoms with E-state index in [0.717, 1.165) is 11.8 Å². The molecule has 2 amide bonds. The lowest BCUT2D eigenvalue weighted by molar-refractivity contribution is -0.137. The van der Waals surface area contributed by atoms with Crippen LogP contribution < -0.4 is 0 Å². The average molecular weight is 279 g/mol. The smallest absolute Gasteiger partial charge is 0.336 e. The van der Waals surface area contributed by atoms with Gasteiger partial charge in [-0.05, 0) is 19.1 Å². The molecule has 0 radical (unpaired) electrons. The Balaban J connectivity index is 2.21. The van der Waals surface area contributed by atoms with Crippen molar-refractivity contribution in [2.75, 3.05) is 6.54 Å². The minimum Gasteiger partial charge on any atom is -0.478 e. The number of carbonyl (C=O) groups excluding carboxylic acids is 2. The summed E-state index contributed by atoms with van der Waals surface area (Å²) in [5.74, 6) is -1.47. The number of hydrogen-bond donors (Lipinski definition) is 1. The van der Waals surface area contributed by atoms with Crippen molar-refractivity contribution in [3.63, 3.8) is 0 Å². The predicted molar refractivity (Wildman–Crippen MR) is 70.1 cm³/mol. The highest BCUT2D eigenvalue weighted by atomic mass is 32.2. The van der Waals surface area contributed by atoms with Gasteiger partial charge in [0.15, 0.2) is 0 Å². The van der Waals surface area contributed by atoms with E-state index >= 15 is 0 Å². The van der Waals surface area contributed by atoms with Gasteiger partial charge in [-0.1, -0.05) is 12.1 Å². The summed E-state index contributed by atoms with van der Waals surface area (Å²) in [6, 6.07) is 6.49. The van der Waals surface area contributed by atoms with Gasteiger partial charge in [-0.2, -0.15) is 0 Å². The largest absolute Gasteiger partial charge is 0.478 e. The fourth-order valence-electron chi connectivity index (χ4n) is 1.98. The van der Waals surface area contributed by atoms with Gasteiger partial charge < -0.3 is 5.11 Å². The molecule has 0 aromatic heterocycles. The molecule has 1 aromatic carbocycles. The Morgan fingerprint density at radius 3 is 2.68 bits per heavy atom. The van der Waals surface area contributed by atoms with Crippen LogP contribution in [0, 0.1) is 0 Å². The molecule has 100 valence electrons. The highest BCUT2D eigenvalue weighted by molar-refractivity contribution is 8.00. The molecule has 0 aliphatic carbocycles. The number of hydrogen-bond acceptors (Lipinski definition) is 4. The van der Waals surface area contributed by atoms with Gasteiger partial charge in [-0.3, -0.25) is 14.5 Å². The van der Waals surface area contributed by atoms with Crippen LogP contribution in [0.5, 0.6) is 0 Å². The van der Waals surface area contributed by atoms with E-state index in [1.54, 1.807) is 25.1 Å². The van der Waals surface area contributed by atoms with Crippen LogP contribution in [-0.2, 0) is 9.59 Å². The Kier molecular flexibility index (Phi) is 3.90.